The van der Waals surface area contributed by atoms with Crippen LogP contribution in [0.25, 0.3) is 0 Å². The Balaban J connectivity index is 2.01. The molecular formula is C11H14O. The van der Waals surface area contributed by atoms with E-state index < -0.39 is 0 Å². The summed E-state index contributed by atoms with van der Waals surface area (Å²) < 4.78 is 0. The zero-order valence-electron chi connectivity index (χ0n) is 7.20. The molecule has 0 aromatic carbocycles. The molecule has 0 aromatic rings. The minimum Gasteiger partial charge on any atom is -0.299 e. The number of carbonyl (C=O) groups is 1. The SMILES string of the molecule is O=C1CCC2C3C=CC(CC3)C12. The zero-order chi connectivity index (χ0) is 8.13. The largest absolute Gasteiger partial charge is 0.299 e. The molecule has 64 valence electrons. The molecule has 0 radical (unpaired) electrons. The van der Waals surface area contributed by atoms with Crippen LogP contribution in [0.3, 0.4) is 0 Å². The summed E-state index contributed by atoms with van der Waals surface area (Å²) in [4.78, 5) is 11.6. The van der Waals surface area contributed by atoms with Crippen molar-refractivity contribution in [2.24, 2.45) is 23.7 Å². The van der Waals surface area contributed by atoms with Crippen molar-refractivity contribution in [1.29, 1.82) is 0 Å². The van der Waals surface area contributed by atoms with Crippen LogP contribution in [-0.2, 0) is 4.79 Å². The average Bonchev–Trinajstić information content (AvgIpc) is 2.53. The Kier molecular flexibility index (Phi) is 1.27. The quantitative estimate of drug-likeness (QED) is 0.499. The second-order valence-electron chi connectivity index (χ2n) is 4.48. The van der Waals surface area contributed by atoms with Gasteiger partial charge >= 0.3 is 0 Å². The molecular weight excluding hydrogens is 148 g/mol. The van der Waals surface area contributed by atoms with Gasteiger partial charge in [-0.2, -0.15) is 0 Å². The molecule has 0 heterocycles. The summed E-state index contributed by atoms with van der Waals surface area (Å²) in [5.74, 6) is 3.11. The predicted molar refractivity (Wildman–Crippen MR) is 46.6 cm³/mol. The Labute approximate surface area is 72.8 Å². The van der Waals surface area contributed by atoms with E-state index in [9.17, 15) is 4.79 Å². The fraction of sp³-hybridized carbons (Fsp3) is 0.727. The van der Waals surface area contributed by atoms with E-state index in [0.29, 0.717) is 17.6 Å². The highest BCUT2D eigenvalue weighted by atomic mass is 16.1. The number of carbonyl (C=O) groups excluding carboxylic acids is 1. The maximum atomic E-state index is 11.6. The molecule has 0 amide bonds. The summed E-state index contributed by atoms with van der Waals surface area (Å²) >= 11 is 0. The van der Waals surface area contributed by atoms with E-state index in [1.807, 2.05) is 0 Å². The highest BCUT2D eigenvalue weighted by Gasteiger charge is 2.47. The summed E-state index contributed by atoms with van der Waals surface area (Å²) in [5, 5.41) is 0. The van der Waals surface area contributed by atoms with Crippen LogP contribution in [0, 0.1) is 23.7 Å². The second-order valence-corrected chi connectivity index (χ2v) is 4.48. The molecule has 0 aliphatic heterocycles. The highest BCUT2D eigenvalue weighted by molar-refractivity contribution is 5.84. The van der Waals surface area contributed by atoms with E-state index in [1.54, 1.807) is 0 Å². The van der Waals surface area contributed by atoms with Crippen LogP contribution in [0.5, 0.6) is 0 Å². The van der Waals surface area contributed by atoms with Crippen molar-refractivity contribution in [1.82, 2.24) is 0 Å². The maximum Gasteiger partial charge on any atom is 0.136 e. The number of Topliss-reactive ketones (excluding diaryl/α,β-unsaturated/α-hetero) is 1. The van der Waals surface area contributed by atoms with Crippen LogP contribution in [0.1, 0.15) is 25.7 Å². The molecule has 4 unspecified atom stereocenters. The van der Waals surface area contributed by atoms with E-state index in [2.05, 4.69) is 12.2 Å². The molecule has 1 heteroatoms. The van der Waals surface area contributed by atoms with Crippen LogP contribution in [-0.4, -0.2) is 5.78 Å². The first-order valence-corrected chi connectivity index (χ1v) is 5.07. The maximum absolute atomic E-state index is 11.6. The van der Waals surface area contributed by atoms with Crippen molar-refractivity contribution in [3.63, 3.8) is 0 Å². The summed E-state index contributed by atoms with van der Waals surface area (Å²) in [7, 11) is 0. The summed E-state index contributed by atoms with van der Waals surface area (Å²) in [6, 6.07) is 0. The number of allylic oxidation sites excluding steroid dienone is 2. The van der Waals surface area contributed by atoms with Gasteiger partial charge in [-0.05, 0) is 37.0 Å². The highest BCUT2D eigenvalue weighted by Crippen LogP contribution is 2.50. The summed E-state index contributed by atoms with van der Waals surface area (Å²) in [5.41, 5.74) is 0. The lowest BCUT2D eigenvalue weighted by Crippen LogP contribution is -2.36. The van der Waals surface area contributed by atoms with Gasteiger partial charge in [-0.15, -0.1) is 0 Å². The molecule has 2 fully saturated rings. The first kappa shape index (κ1) is 6.88. The first-order valence-electron chi connectivity index (χ1n) is 5.07. The van der Waals surface area contributed by atoms with Crippen molar-refractivity contribution in [2.75, 3.05) is 0 Å². The molecule has 4 atom stereocenters. The van der Waals surface area contributed by atoms with Crippen molar-refractivity contribution in [3.8, 4) is 0 Å². The van der Waals surface area contributed by atoms with Gasteiger partial charge in [0.05, 0.1) is 0 Å². The third-order valence-electron chi connectivity index (χ3n) is 4.01. The molecule has 0 saturated heterocycles. The predicted octanol–water partition coefficient (Wildman–Crippen LogP) is 2.18. The van der Waals surface area contributed by atoms with Gasteiger partial charge in [-0.3, -0.25) is 4.79 Å². The molecule has 0 N–H and O–H groups in total. The number of hydrogen-bond donors (Lipinski definition) is 0. The third kappa shape index (κ3) is 0.720. The molecule has 2 bridgehead atoms. The van der Waals surface area contributed by atoms with Crippen molar-refractivity contribution in [3.05, 3.63) is 12.2 Å². The molecule has 4 aliphatic carbocycles. The fourth-order valence-corrected chi connectivity index (χ4v) is 3.45. The summed E-state index contributed by atoms with van der Waals surface area (Å²) in [6.07, 6.45) is 9.33. The minimum absolute atomic E-state index is 0.439. The van der Waals surface area contributed by atoms with E-state index >= 15 is 0 Å². The summed E-state index contributed by atoms with van der Waals surface area (Å²) in [6.45, 7) is 0. The van der Waals surface area contributed by atoms with E-state index in [-0.39, 0.29) is 0 Å². The van der Waals surface area contributed by atoms with Gasteiger partial charge in [0.25, 0.3) is 0 Å². The van der Waals surface area contributed by atoms with Crippen LogP contribution >= 0.6 is 0 Å². The number of fused-ring (bicyclic) bond motifs is 1. The van der Waals surface area contributed by atoms with Crippen molar-refractivity contribution >= 4 is 5.78 Å². The van der Waals surface area contributed by atoms with E-state index in [0.717, 1.165) is 18.3 Å². The lowest BCUT2D eigenvalue weighted by atomic mass is 9.63. The molecule has 0 spiro atoms. The normalized spacial score (nSPS) is 49.8. The Morgan fingerprint density at radius 3 is 2.50 bits per heavy atom. The van der Waals surface area contributed by atoms with Gasteiger partial charge in [-0.25, -0.2) is 0 Å². The molecule has 12 heavy (non-hydrogen) atoms. The Morgan fingerprint density at radius 2 is 1.83 bits per heavy atom. The lowest BCUT2D eigenvalue weighted by Gasteiger charge is -2.40. The van der Waals surface area contributed by atoms with Gasteiger partial charge < -0.3 is 0 Å². The number of ketones is 1. The van der Waals surface area contributed by atoms with Crippen molar-refractivity contribution < 1.29 is 4.79 Å². The molecule has 4 rings (SSSR count). The molecule has 0 aromatic heterocycles. The monoisotopic (exact) mass is 162 g/mol. The third-order valence-corrected chi connectivity index (χ3v) is 4.01. The van der Waals surface area contributed by atoms with Crippen molar-refractivity contribution in [2.45, 2.75) is 25.7 Å². The lowest BCUT2D eigenvalue weighted by molar-refractivity contribution is -0.123. The molecule has 1 nitrogen and oxygen atoms in total. The Morgan fingerprint density at radius 1 is 1.08 bits per heavy atom. The topological polar surface area (TPSA) is 17.1 Å². The van der Waals surface area contributed by atoms with Gasteiger partial charge in [0.15, 0.2) is 0 Å². The second kappa shape index (κ2) is 2.21. The van der Waals surface area contributed by atoms with Crippen LogP contribution < -0.4 is 0 Å². The van der Waals surface area contributed by atoms with E-state index in [4.69, 9.17) is 0 Å². The number of hydrogen-bond acceptors (Lipinski definition) is 1. The van der Waals surface area contributed by atoms with E-state index in [1.165, 1.54) is 19.3 Å². The Hall–Kier alpha value is -0.590. The van der Waals surface area contributed by atoms with Gasteiger partial charge in [0, 0.05) is 12.3 Å². The molecule has 2 saturated carbocycles. The first-order chi connectivity index (χ1) is 5.86. The minimum atomic E-state index is 0.439. The average molecular weight is 162 g/mol. The van der Waals surface area contributed by atoms with Gasteiger partial charge in [-0.1, -0.05) is 12.2 Å². The van der Waals surface area contributed by atoms with Crippen LogP contribution in [0.15, 0.2) is 12.2 Å². The molecule has 4 aliphatic rings. The zero-order valence-corrected chi connectivity index (χ0v) is 7.20. The standard InChI is InChI=1S/C11H14O/c12-10-6-5-9-7-1-3-8(4-2-7)11(9)10/h1,3,7-9,11H,2,4-6H2. The fourth-order valence-electron chi connectivity index (χ4n) is 3.45. The van der Waals surface area contributed by atoms with Gasteiger partial charge in [0.2, 0.25) is 0 Å². The van der Waals surface area contributed by atoms with Crippen LogP contribution in [0.4, 0.5) is 0 Å². The van der Waals surface area contributed by atoms with Crippen LogP contribution in [0.2, 0.25) is 0 Å². The number of rotatable bonds is 0. The van der Waals surface area contributed by atoms with Gasteiger partial charge in [0.1, 0.15) is 5.78 Å². The smallest absolute Gasteiger partial charge is 0.136 e. The Bertz CT molecular complexity index is 254.